The number of rotatable bonds is 5. The molecule has 4 aromatic rings. The fourth-order valence-corrected chi connectivity index (χ4v) is 3.80. The highest BCUT2D eigenvalue weighted by Crippen LogP contribution is 2.32. The molecule has 0 radical (unpaired) electrons. The molecular weight excluding hydrogens is 415 g/mol. The maximum absolute atomic E-state index is 14.6. The molecule has 0 aliphatic heterocycles. The fourth-order valence-electron chi connectivity index (χ4n) is 3.52. The lowest BCUT2D eigenvalue weighted by Crippen LogP contribution is -1.93. The van der Waals surface area contributed by atoms with E-state index < -0.39 is 0 Å². The van der Waals surface area contributed by atoms with Gasteiger partial charge in [0.05, 0.1) is 5.69 Å². The molecule has 1 aromatic heterocycles. The second-order valence-electron chi connectivity index (χ2n) is 7.13. The summed E-state index contributed by atoms with van der Waals surface area (Å²) in [5.41, 5.74) is 6.16. The lowest BCUT2D eigenvalue weighted by Gasteiger charge is -2.11. The van der Waals surface area contributed by atoms with E-state index in [2.05, 4.69) is 16.9 Å². The van der Waals surface area contributed by atoms with E-state index >= 15 is 0 Å². The van der Waals surface area contributed by atoms with Crippen LogP contribution in [-0.2, 0) is 6.42 Å². The van der Waals surface area contributed by atoms with Crippen LogP contribution in [0.3, 0.4) is 0 Å². The summed E-state index contributed by atoms with van der Waals surface area (Å²) < 4.78 is 15.0. The third-order valence-electron chi connectivity index (χ3n) is 5.02. The monoisotopic (exact) mass is 434 g/mol. The van der Waals surface area contributed by atoms with Crippen LogP contribution in [0.4, 0.5) is 4.39 Å². The molecule has 0 amide bonds. The molecule has 4 rings (SSSR count). The maximum atomic E-state index is 14.6. The summed E-state index contributed by atoms with van der Waals surface area (Å²) in [6, 6.07) is 20.8. The summed E-state index contributed by atoms with van der Waals surface area (Å²) >= 11 is 11.3. The van der Waals surface area contributed by atoms with Gasteiger partial charge in [-0.05, 0) is 59.1 Å². The van der Waals surface area contributed by atoms with Crippen molar-refractivity contribution in [2.24, 2.45) is 0 Å². The van der Waals surface area contributed by atoms with Crippen molar-refractivity contribution >= 4 is 23.8 Å². The number of hydrogen-bond donors (Lipinski definition) is 1. The van der Waals surface area contributed by atoms with Crippen LogP contribution < -0.4 is 0 Å². The topological polar surface area (TPSA) is 28.7 Å². The molecule has 0 bridgehead atoms. The molecule has 0 aliphatic carbocycles. The van der Waals surface area contributed by atoms with Gasteiger partial charge in [0.25, 0.3) is 0 Å². The molecule has 0 fully saturated rings. The average molecular weight is 435 g/mol. The van der Waals surface area contributed by atoms with Gasteiger partial charge in [0.1, 0.15) is 5.82 Å². The Kier molecular flexibility index (Phi) is 6.07. The molecule has 2 nitrogen and oxygen atoms in total. The first-order chi connectivity index (χ1) is 14.5. The van der Waals surface area contributed by atoms with Gasteiger partial charge in [-0.2, -0.15) is 0 Å². The van der Waals surface area contributed by atoms with Crippen molar-refractivity contribution < 1.29 is 4.39 Å². The number of benzene rings is 3. The van der Waals surface area contributed by atoms with E-state index in [1.165, 1.54) is 0 Å². The van der Waals surface area contributed by atoms with Crippen molar-refractivity contribution in [3.8, 4) is 33.5 Å². The standard InChI is InChI=1S/C25H20ClFN2S/c1-2-3-16-4-13-21(23(27)14-16)17-5-7-19(8-6-17)24-22(15-28-25(30)29-24)18-9-11-20(26)12-10-18/h4-15H,2-3H2,1H3,(H,28,29,30). The van der Waals surface area contributed by atoms with E-state index in [0.29, 0.717) is 15.4 Å². The van der Waals surface area contributed by atoms with Crippen molar-refractivity contribution in [2.75, 3.05) is 0 Å². The summed E-state index contributed by atoms with van der Waals surface area (Å²) in [5, 5.41) is 0.675. The first-order valence-corrected chi connectivity index (χ1v) is 10.6. The molecule has 150 valence electrons. The second-order valence-corrected chi connectivity index (χ2v) is 7.95. The highest BCUT2D eigenvalue weighted by molar-refractivity contribution is 7.71. The predicted molar refractivity (Wildman–Crippen MR) is 125 cm³/mol. The molecule has 30 heavy (non-hydrogen) atoms. The lowest BCUT2D eigenvalue weighted by atomic mass is 9.97. The van der Waals surface area contributed by atoms with Crippen LogP contribution in [0.15, 0.2) is 72.9 Å². The third kappa shape index (κ3) is 4.35. The van der Waals surface area contributed by atoms with Gasteiger partial charge < -0.3 is 4.98 Å². The second kappa shape index (κ2) is 8.90. The Balaban J connectivity index is 1.72. The van der Waals surface area contributed by atoms with Crippen LogP contribution in [0.25, 0.3) is 33.5 Å². The molecular formula is C25H20ClFN2S. The van der Waals surface area contributed by atoms with Gasteiger partial charge in [0.15, 0.2) is 4.77 Å². The van der Waals surface area contributed by atoms with E-state index in [1.54, 1.807) is 12.3 Å². The number of aromatic amines is 1. The van der Waals surface area contributed by atoms with E-state index in [1.807, 2.05) is 60.7 Å². The highest BCUT2D eigenvalue weighted by atomic mass is 35.5. The van der Waals surface area contributed by atoms with Gasteiger partial charge in [0, 0.05) is 22.3 Å². The molecule has 1 heterocycles. The SMILES string of the molecule is CCCc1ccc(-c2ccc(-c3[nH]c(=S)ncc3-c3ccc(Cl)cc3)cc2)c(F)c1. The number of H-pyrrole nitrogens is 1. The molecule has 0 saturated carbocycles. The Labute approximate surface area is 185 Å². The first kappa shape index (κ1) is 20.5. The minimum Gasteiger partial charge on any atom is -0.330 e. The van der Waals surface area contributed by atoms with E-state index in [4.69, 9.17) is 23.8 Å². The molecule has 0 aliphatic rings. The smallest absolute Gasteiger partial charge is 0.197 e. The Morgan fingerprint density at radius 1 is 0.900 bits per heavy atom. The van der Waals surface area contributed by atoms with Crippen molar-refractivity contribution in [1.82, 2.24) is 9.97 Å². The molecule has 1 N–H and O–H groups in total. The largest absolute Gasteiger partial charge is 0.330 e. The van der Waals surface area contributed by atoms with Gasteiger partial charge in [-0.3, -0.25) is 0 Å². The quantitative estimate of drug-likeness (QED) is 0.323. The zero-order chi connectivity index (χ0) is 21.1. The van der Waals surface area contributed by atoms with Crippen LogP contribution in [0.5, 0.6) is 0 Å². The summed E-state index contributed by atoms with van der Waals surface area (Å²) in [7, 11) is 0. The zero-order valence-electron chi connectivity index (χ0n) is 16.5. The highest BCUT2D eigenvalue weighted by Gasteiger charge is 2.11. The first-order valence-electron chi connectivity index (χ1n) is 9.79. The number of aryl methyl sites for hydroxylation is 1. The number of hydrogen-bond acceptors (Lipinski definition) is 2. The van der Waals surface area contributed by atoms with Crippen molar-refractivity contribution in [2.45, 2.75) is 19.8 Å². The molecule has 3 aromatic carbocycles. The average Bonchev–Trinajstić information content (AvgIpc) is 2.75. The van der Waals surface area contributed by atoms with Gasteiger partial charge in [-0.25, -0.2) is 9.37 Å². The van der Waals surface area contributed by atoms with Crippen LogP contribution in [0.2, 0.25) is 5.02 Å². The van der Waals surface area contributed by atoms with Crippen molar-refractivity contribution in [3.05, 3.63) is 94.1 Å². The maximum Gasteiger partial charge on any atom is 0.197 e. The molecule has 0 saturated heterocycles. The molecule has 5 heteroatoms. The van der Waals surface area contributed by atoms with Crippen molar-refractivity contribution in [1.29, 1.82) is 0 Å². The minimum atomic E-state index is -0.195. The molecule has 0 spiro atoms. The number of aromatic nitrogens is 2. The van der Waals surface area contributed by atoms with E-state index in [9.17, 15) is 4.39 Å². The normalized spacial score (nSPS) is 10.9. The predicted octanol–water partition coefficient (Wildman–Crippen LogP) is 7.89. The van der Waals surface area contributed by atoms with Crippen LogP contribution in [0, 0.1) is 10.6 Å². The summed E-state index contributed by atoms with van der Waals surface area (Å²) in [5.74, 6) is -0.195. The Bertz CT molecular complexity index is 1230. The van der Waals surface area contributed by atoms with Crippen LogP contribution in [0.1, 0.15) is 18.9 Å². The van der Waals surface area contributed by atoms with Crippen LogP contribution in [-0.4, -0.2) is 9.97 Å². The van der Waals surface area contributed by atoms with Gasteiger partial charge in [0.2, 0.25) is 0 Å². The zero-order valence-corrected chi connectivity index (χ0v) is 18.0. The fraction of sp³-hybridized carbons (Fsp3) is 0.120. The number of nitrogens with one attached hydrogen (secondary N) is 1. The van der Waals surface area contributed by atoms with Gasteiger partial charge in [-0.1, -0.05) is 73.5 Å². The Hall–Kier alpha value is -2.82. The third-order valence-corrected chi connectivity index (χ3v) is 5.48. The number of halogens is 2. The summed E-state index contributed by atoms with van der Waals surface area (Å²) in [4.78, 5) is 7.43. The van der Waals surface area contributed by atoms with Gasteiger partial charge in [-0.15, -0.1) is 0 Å². The van der Waals surface area contributed by atoms with Crippen LogP contribution >= 0.6 is 23.8 Å². The molecule has 0 unspecified atom stereocenters. The van der Waals surface area contributed by atoms with Gasteiger partial charge >= 0.3 is 0 Å². The molecule has 0 atom stereocenters. The number of nitrogens with zero attached hydrogens (tertiary/aromatic N) is 1. The Morgan fingerprint density at radius 2 is 1.53 bits per heavy atom. The minimum absolute atomic E-state index is 0.195. The van der Waals surface area contributed by atoms with Crippen molar-refractivity contribution in [3.63, 3.8) is 0 Å². The van der Waals surface area contributed by atoms with E-state index in [0.717, 1.165) is 46.4 Å². The summed E-state index contributed by atoms with van der Waals surface area (Å²) in [6.45, 7) is 2.09. The van der Waals surface area contributed by atoms with E-state index in [-0.39, 0.29) is 5.82 Å². The Morgan fingerprint density at radius 3 is 2.20 bits per heavy atom. The summed E-state index contributed by atoms with van der Waals surface area (Å²) in [6.07, 6.45) is 3.64. The lowest BCUT2D eigenvalue weighted by molar-refractivity contribution is 0.628.